The first-order valence-electron chi connectivity index (χ1n) is 11.6. The first kappa shape index (κ1) is 23.6. The van der Waals surface area contributed by atoms with Crippen molar-refractivity contribution in [1.29, 1.82) is 0 Å². The van der Waals surface area contributed by atoms with E-state index in [1.807, 2.05) is 36.4 Å². The predicted octanol–water partition coefficient (Wildman–Crippen LogP) is 5.19. The Bertz CT molecular complexity index is 1190. The van der Waals surface area contributed by atoms with Gasteiger partial charge < -0.3 is 0 Å². The number of H-pyrrole nitrogens is 1. The van der Waals surface area contributed by atoms with Crippen LogP contribution in [-0.2, 0) is 18.9 Å². The second-order valence-corrected chi connectivity index (χ2v) is 8.26. The molecule has 0 bridgehead atoms. The summed E-state index contributed by atoms with van der Waals surface area (Å²) in [5.41, 5.74) is 3.36. The van der Waals surface area contributed by atoms with E-state index in [-0.39, 0.29) is 12.2 Å². The molecule has 3 heterocycles. The SMILES string of the molecule is CCCCCn1nc(C(F)(F)CCC)nc1Cc1ccc(-c2ccccc2-c2nnn[nH]2)nc1. The maximum atomic E-state index is 14.5. The van der Waals surface area contributed by atoms with Gasteiger partial charge in [0.1, 0.15) is 5.82 Å². The number of nitrogens with zero attached hydrogens (tertiary/aromatic N) is 7. The fraction of sp³-hybridized carbons (Fsp3) is 0.417. The summed E-state index contributed by atoms with van der Waals surface area (Å²) in [6.45, 7) is 4.41. The molecule has 8 nitrogen and oxygen atoms in total. The average Bonchev–Trinajstić information content (AvgIpc) is 3.51. The van der Waals surface area contributed by atoms with E-state index in [0.29, 0.717) is 31.0 Å². The lowest BCUT2D eigenvalue weighted by Gasteiger charge is -2.10. The monoisotopic (exact) mass is 466 g/mol. The molecule has 0 amide bonds. The highest BCUT2D eigenvalue weighted by atomic mass is 19.3. The van der Waals surface area contributed by atoms with Gasteiger partial charge in [-0.25, -0.2) is 14.8 Å². The first-order chi connectivity index (χ1) is 16.5. The molecule has 1 aromatic carbocycles. The number of aryl methyl sites for hydroxylation is 1. The van der Waals surface area contributed by atoms with Crippen molar-refractivity contribution in [3.8, 4) is 22.6 Å². The Kier molecular flexibility index (Phi) is 7.34. The van der Waals surface area contributed by atoms with Gasteiger partial charge in [0, 0.05) is 36.7 Å². The standard InChI is InChI=1S/C24H28F2N8/c1-3-5-8-14-34-21(28-23(31-34)24(25,26)13-4-2)15-17-11-12-20(27-16-17)18-9-6-7-10-19(18)22-29-32-33-30-22/h6-7,9-12,16H,3-5,8,13-15H2,1-2H3,(H,29,30,32,33). The number of tetrazole rings is 1. The van der Waals surface area contributed by atoms with Gasteiger partial charge in [-0.05, 0) is 34.9 Å². The largest absolute Gasteiger partial charge is 0.308 e. The van der Waals surface area contributed by atoms with Crippen LogP contribution in [0.4, 0.5) is 8.78 Å². The molecule has 4 rings (SSSR count). The Morgan fingerprint density at radius 3 is 2.50 bits per heavy atom. The fourth-order valence-electron chi connectivity index (χ4n) is 3.83. The number of aromatic nitrogens is 8. The molecule has 10 heteroatoms. The molecule has 4 aromatic rings. The first-order valence-corrected chi connectivity index (χ1v) is 11.6. The van der Waals surface area contributed by atoms with E-state index in [4.69, 9.17) is 0 Å². The van der Waals surface area contributed by atoms with Crippen LogP contribution >= 0.6 is 0 Å². The zero-order chi connectivity index (χ0) is 24.0. The van der Waals surface area contributed by atoms with Crippen LogP contribution in [0, 0.1) is 0 Å². The molecule has 3 aromatic heterocycles. The minimum atomic E-state index is -3.03. The van der Waals surface area contributed by atoms with Crippen molar-refractivity contribution in [1.82, 2.24) is 40.4 Å². The summed E-state index contributed by atoms with van der Waals surface area (Å²) in [4.78, 5) is 8.87. The number of benzene rings is 1. The van der Waals surface area contributed by atoms with Crippen molar-refractivity contribution >= 4 is 0 Å². The van der Waals surface area contributed by atoms with E-state index in [1.165, 1.54) is 0 Å². The predicted molar refractivity (Wildman–Crippen MR) is 124 cm³/mol. The Hall–Kier alpha value is -3.56. The number of unbranched alkanes of at least 4 members (excludes halogenated alkanes) is 2. The van der Waals surface area contributed by atoms with Crippen LogP contribution in [0.15, 0.2) is 42.6 Å². The number of nitrogens with one attached hydrogen (secondary N) is 1. The minimum absolute atomic E-state index is 0.262. The molecular weight excluding hydrogens is 438 g/mol. The van der Waals surface area contributed by atoms with Gasteiger partial charge >= 0.3 is 5.92 Å². The number of halogens is 2. The summed E-state index contributed by atoms with van der Waals surface area (Å²) in [5, 5.41) is 18.3. The molecule has 0 atom stereocenters. The highest BCUT2D eigenvalue weighted by Crippen LogP contribution is 2.31. The highest BCUT2D eigenvalue weighted by molar-refractivity contribution is 5.78. The van der Waals surface area contributed by atoms with Gasteiger partial charge in [0.2, 0.25) is 5.82 Å². The topological polar surface area (TPSA) is 98.1 Å². The number of rotatable bonds is 11. The lowest BCUT2D eigenvalue weighted by Crippen LogP contribution is -2.15. The van der Waals surface area contributed by atoms with E-state index in [2.05, 4.69) is 42.6 Å². The normalized spacial score (nSPS) is 11.8. The summed E-state index contributed by atoms with van der Waals surface area (Å²) < 4.78 is 30.6. The molecule has 1 N–H and O–H groups in total. The molecule has 0 aliphatic rings. The van der Waals surface area contributed by atoms with Gasteiger partial charge in [-0.3, -0.25) is 4.98 Å². The van der Waals surface area contributed by atoms with Gasteiger partial charge in [0.05, 0.1) is 5.69 Å². The summed E-state index contributed by atoms with van der Waals surface area (Å²) in [6, 6.07) is 11.5. The van der Waals surface area contributed by atoms with E-state index in [0.717, 1.165) is 41.6 Å². The van der Waals surface area contributed by atoms with E-state index >= 15 is 0 Å². The third kappa shape index (κ3) is 5.32. The molecule has 0 spiro atoms. The number of alkyl halides is 2. The molecule has 0 saturated carbocycles. The van der Waals surface area contributed by atoms with Gasteiger partial charge in [0.25, 0.3) is 0 Å². The molecule has 34 heavy (non-hydrogen) atoms. The zero-order valence-electron chi connectivity index (χ0n) is 19.4. The van der Waals surface area contributed by atoms with Crippen molar-refractivity contribution in [2.45, 2.75) is 64.8 Å². The maximum Gasteiger partial charge on any atom is 0.308 e. The van der Waals surface area contributed by atoms with Crippen LogP contribution in [0.3, 0.4) is 0 Å². The van der Waals surface area contributed by atoms with E-state index in [1.54, 1.807) is 17.8 Å². The number of pyridine rings is 1. The number of hydrogen-bond acceptors (Lipinski definition) is 6. The molecule has 0 saturated heterocycles. The van der Waals surface area contributed by atoms with Crippen LogP contribution in [-0.4, -0.2) is 40.4 Å². The van der Waals surface area contributed by atoms with Crippen molar-refractivity contribution in [3.05, 3.63) is 59.8 Å². The Balaban J connectivity index is 1.58. The summed E-state index contributed by atoms with van der Waals surface area (Å²) in [5.74, 6) is -2.33. The van der Waals surface area contributed by atoms with Crippen molar-refractivity contribution < 1.29 is 8.78 Å². The van der Waals surface area contributed by atoms with Crippen molar-refractivity contribution in [2.24, 2.45) is 0 Å². The van der Waals surface area contributed by atoms with Gasteiger partial charge in [0.15, 0.2) is 5.82 Å². The quantitative estimate of drug-likeness (QED) is 0.305. The summed E-state index contributed by atoms with van der Waals surface area (Å²) in [7, 11) is 0. The zero-order valence-corrected chi connectivity index (χ0v) is 19.4. The van der Waals surface area contributed by atoms with Gasteiger partial charge in [-0.15, -0.1) is 10.2 Å². The molecular formula is C24H28F2N8. The van der Waals surface area contributed by atoms with Crippen molar-refractivity contribution in [2.75, 3.05) is 0 Å². The number of aromatic amines is 1. The second kappa shape index (κ2) is 10.6. The highest BCUT2D eigenvalue weighted by Gasteiger charge is 2.36. The maximum absolute atomic E-state index is 14.5. The second-order valence-electron chi connectivity index (χ2n) is 8.26. The molecule has 0 aliphatic heterocycles. The van der Waals surface area contributed by atoms with Crippen molar-refractivity contribution in [3.63, 3.8) is 0 Å². The Morgan fingerprint density at radius 2 is 1.82 bits per heavy atom. The lowest BCUT2D eigenvalue weighted by molar-refractivity contribution is -0.0232. The summed E-state index contributed by atoms with van der Waals surface area (Å²) in [6.07, 6.45) is 5.15. The van der Waals surface area contributed by atoms with Gasteiger partial charge in [-0.1, -0.05) is 57.0 Å². The molecule has 0 radical (unpaired) electrons. The molecule has 0 fully saturated rings. The Morgan fingerprint density at radius 1 is 1.00 bits per heavy atom. The fourth-order valence-corrected chi connectivity index (χ4v) is 3.83. The third-order valence-corrected chi connectivity index (χ3v) is 5.60. The van der Waals surface area contributed by atoms with Crippen LogP contribution in [0.25, 0.3) is 22.6 Å². The summed E-state index contributed by atoms with van der Waals surface area (Å²) >= 11 is 0. The Labute approximate surface area is 196 Å². The molecule has 178 valence electrons. The van der Waals surface area contributed by atoms with Crippen LogP contribution < -0.4 is 0 Å². The molecule has 0 unspecified atom stereocenters. The molecule has 0 aliphatic carbocycles. The minimum Gasteiger partial charge on any atom is -0.256 e. The third-order valence-electron chi connectivity index (χ3n) is 5.60. The lowest BCUT2D eigenvalue weighted by atomic mass is 10.0. The van der Waals surface area contributed by atoms with Crippen LogP contribution in [0.5, 0.6) is 0 Å². The number of hydrogen-bond donors (Lipinski definition) is 1. The van der Waals surface area contributed by atoms with Crippen LogP contribution in [0.2, 0.25) is 0 Å². The van der Waals surface area contributed by atoms with E-state index < -0.39 is 5.92 Å². The van der Waals surface area contributed by atoms with Gasteiger partial charge in [-0.2, -0.15) is 8.78 Å². The van der Waals surface area contributed by atoms with E-state index in [9.17, 15) is 8.78 Å². The smallest absolute Gasteiger partial charge is 0.256 e. The van der Waals surface area contributed by atoms with Crippen LogP contribution in [0.1, 0.15) is 63.2 Å². The average molecular weight is 467 g/mol.